The molecule has 0 saturated carbocycles. The second-order valence-corrected chi connectivity index (χ2v) is 10.7. The Hall–Kier alpha value is -1.31. The van der Waals surface area contributed by atoms with Crippen LogP contribution in [0.5, 0.6) is 11.5 Å². The fraction of sp³-hybridized carbons (Fsp3) is 0.480. The van der Waals surface area contributed by atoms with Crippen LogP contribution in [0.15, 0.2) is 36.4 Å². The van der Waals surface area contributed by atoms with Gasteiger partial charge in [-0.1, -0.05) is 61.1 Å². The van der Waals surface area contributed by atoms with Crippen LogP contribution in [0.3, 0.4) is 0 Å². The van der Waals surface area contributed by atoms with Crippen molar-refractivity contribution in [1.29, 1.82) is 0 Å². The molecular formula is C25H31Cl3N2O3S. The summed E-state index contributed by atoms with van der Waals surface area (Å²) in [7, 11) is 0. The van der Waals surface area contributed by atoms with Crippen molar-refractivity contribution in [2.45, 2.75) is 25.7 Å². The number of rotatable bonds is 10. The molecule has 186 valence electrons. The van der Waals surface area contributed by atoms with Crippen LogP contribution >= 0.6 is 46.8 Å². The molecule has 1 amide bonds. The molecule has 2 aromatic rings. The standard InChI is InChI=1S/C25H31Cl3N2O3S/c1-25(2,19-15-21(27)24(22(28)16-19)32-14-4-9-26)18-5-7-20(8-6-18)33-17-23(31)29-10-12-30(34-3)13-11-29/h5-8,15-16H,4,9-14,17H2,1-3H3. The minimum Gasteiger partial charge on any atom is -0.490 e. The van der Waals surface area contributed by atoms with E-state index in [0.717, 1.165) is 43.7 Å². The third-order valence-electron chi connectivity index (χ3n) is 6.03. The van der Waals surface area contributed by atoms with E-state index >= 15 is 0 Å². The van der Waals surface area contributed by atoms with E-state index in [9.17, 15) is 4.79 Å². The van der Waals surface area contributed by atoms with Crippen LogP contribution in [0.1, 0.15) is 31.4 Å². The average Bonchev–Trinajstić information content (AvgIpc) is 2.84. The summed E-state index contributed by atoms with van der Waals surface area (Å²) in [5.41, 5.74) is 1.69. The third-order valence-corrected chi connectivity index (χ3v) is 7.74. The lowest BCUT2D eigenvalue weighted by Crippen LogP contribution is -2.47. The molecule has 1 fully saturated rings. The first kappa shape index (κ1) is 27.3. The molecule has 0 spiro atoms. The number of amides is 1. The molecule has 3 rings (SSSR count). The van der Waals surface area contributed by atoms with Crippen molar-refractivity contribution >= 4 is 52.7 Å². The Labute approximate surface area is 221 Å². The van der Waals surface area contributed by atoms with Crippen molar-refractivity contribution in [3.8, 4) is 11.5 Å². The molecule has 1 aliphatic rings. The predicted octanol–water partition coefficient (Wildman–Crippen LogP) is 6.13. The maximum Gasteiger partial charge on any atom is 0.260 e. The molecular weight excluding hydrogens is 515 g/mol. The van der Waals surface area contributed by atoms with Gasteiger partial charge in [-0.15, -0.1) is 11.6 Å². The quantitative estimate of drug-likeness (QED) is 0.204. The molecule has 1 saturated heterocycles. The van der Waals surface area contributed by atoms with Gasteiger partial charge in [-0.2, -0.15) is 0 Å². The van der Waals surface area contributed by atoms with Gasteiger partial charge in [0.2, 0.25) is 0 Å². The van der Waals surface area contributed by atoms with E-state index in [2.05, 4.69) is 24.4 Å². The van der Waals surface area contributed by atoms with Crippen LogP contribution in [0.2, 0.25) is 10.0 Å². The van der Waals surface area contributed by atoms with E-state index in [-0.39, 0.29) is 17.9 Å². The summed E-state index contributed by atoms with van der Waals surface area (Å²) in [5.74, 6) is 1.68. The van der Waals surface area contributed by atoms with E-state index in [1.807, 2.05) is 41.3 Å². The van der Waals surface area contributed by atoms with Crippen LogP contribution in [-0.4, -0.2) is 66.6 Å². The van der Waals surface area contributed by atoms with Crippen molar-refractivity contribution in [3.05, 3.63) is 57.6 Å². The summed E-state index contributed by atoms with van der Waals surface area (Å²) < 4.78 is 13.7. The average molecular weight is 546 g/mol. The van der Waals surface area contributed by atoms with E-state index < -0.39 is 0 Å². The Kier molecular flexibility index (Phi) is 10.1. The van der Waals surface area contributed by atoms with Crippen LogP contribution in [0.25, 0.3) is 0 Å². The number of hydrogen-bond donors (Lipinski definition) is 0. The van der Waals surface area contributed by atoms with Gasteiger partial charge < -0.3 is 14.4 Å². The van der Waals surface area contributed by atoms with E-state index in [1.165, 1.54) is 0 Å². The Morgan fingerprint density at radius 2 is 1.62 bits per heavy atom. The molecule has 5 nitrogen and oxygen atoms in total. The smallest absolute Gasteiger partial charge is 0.260 e. The lowest BCUT2D eigenvalue weighted by molar-refractivity contribution is -0.134. The van der Waals surface area contributed by atoms with Crippen molar-refractivity contribution in [2.75, 3.05) is 51.5 Å². The summed E-state index contributed by atoms with van der Waals surface area (Å²) in [4.78, 5) is 14.3. The maximum atomic E-state index is 12.5. The van der Waals surface area contributed by atoms with Crippen LogP contribution in [-0.2, 0) is 10.2 Å². The zero-order chi connectivity index (χ0) is 24.7. The Balaban J connectivity index is 1.62. The topological polar surface area (TPSA) is 42.0 Å². The highest BCUT2D eigenvalue weighted by molar-refractivity contribution is 7.96. The summed E-state index contributed by atoms with van der Waals surface area (Å²) in [6.45, 7) is 7.95. The molecule has 34 heavy (non-hydrogen) atoms. The third kappa shape index (κ3) is 6.88. The van der Waals surface area contributed by atoms with Crippen LogP contribution in [0.4, 0.5) is 0 Å². The second-order valence-electron chi connectivity index (χ2n) is 8.59. The number of piperazine rings is 1. The Bertz CT molecular complexity index is 941. The summed E-state index contributed by atoms with van der Waals surface area (Å²) >= 11 is 20.4. The SMILES string of the molecule is CSN1CCN(C(=O)COc2ccc(C(C)(C)c3cc(Cl)c(OCCCCl)c(Cl)c3)cc2)CC1. The zero-order valence-electron chi connectivity index (χ0n) is 19.8. The van der Waals surface area contributed by atoms with Crippen molar-refractivity contribution in [1.82, 2.24) is 9.21 Å². The molecule has 2 aromatic carbocycles. The minimum absolute atomic E-state index is 0.0165. The minimum atomic E-state index is -0.354. The van der Waals surface area contributed by atoms with E-state index in [0.29, 0.717) is 34.0 Å². The maximum absolute atomic E-state index is 12.5. The van der Waals surface area contributed by atoms with Crippen LogP contribution < -0.4 is 9.47 Å². The van der Waals surface area contributed by atoms with Crippen molar-refractivity contribution < 1.29 is 14.3 Å². The van der Waals surface area contributed by atoms with Gasteiger partial charge in [-0.05, 0) is 48.1 Å². The first-order valence-electron chi connectivity index (χ1n) is 11.2. The molecule has 0 aliphatic carbocycles. The van der Waals surface area contributed by atoms with Gasteiger partial charge in [-0.3, -0.25) is 4.79 Å². The normalized spacial score (nSPS) is 14.8. The van der Waals surface area contributed by atoms with E-state index in [1.54, 1.807) is 11.9 Å². The number of halogens is 3. The molecule has 0 radical (unpaired) electrons. The molecule has 0 unspecified atom stereocenters. The monoisotopic (exact) mass is 544 g/mol. The van der Waals surface area contributed by atoms with Gasteiger partial charge >= 0.3 is 0 Å². The van der Waals surface area contributed by atoms with Crippen molar-refractivity contribution in [3.63, 3.8) is 0 Å². The largest absolute Gasteiger partial charge is 0.490 e. The van der Waals surface area contributed by atoms with Gasteiger partial charge in [0, 0.05) is 37.5 Å². The summed E-state index contributed by atoms with van der Waals surface area (Å²) in [6, 6.07) is 11.6. The number of alkyl halides is 1. The Morgan fingerprint density at radius 3 is 2.18 bits per heavy atom. The molecule has 1 aliphatic heterocycles. The zero-order valence-corrected chi connectivity index (χ0v) is 22.9. The number of carbonyl (C=O) groups excluding carboxylic acids is 1. The number of ether oxygens (including phenoxy) is 2. The van der Waals surface area contributed by atoms with Gasteiger partial charge in [0.05, 0.1) is 16.7 Å². The van der Waals surface area contributed by atoms with Gasteiger partial charge in [-0.25, -0.2) is 4.31 Å². The first-order chi connectivity index (χ1) is 16.3. The fourth-order valence-electron chi connectivity index (χ4n) is 3.78. The van der Waals surface area contributed by atoms with Gasteiger partial charge in [0.1, 0.15) is 5.75 Å². The molecule has 9 heteroatoms. The predicted molar refractivity (Wildman–Crippen MR) is 143 cm³/mol. The Morgan fingerprint density at radius 1 is 1.00 bits per heavy atom. The number of nitrogens with zero attached hydrogens (tertiary/aromatic N) is 2. The first-order valence-corrected chi connectivity index (χ1v) is 13.7. The highest BCUT2D eigenvalue weighted by atomic mass is 35.5. The summed E-state index contributed by atoms with van der Waals surface area (Å²) in [6.07, 6.45) is 2.78. The number of benzene rings is 2. The van der Waals surface area contributed by atoms with Gasteiger partial charge in [0.25, 0.3) is 5.91 Å². The fourth-order valence-corrected chi connectivity index (χ4v) is 5.01. The summed E-state index contributed by atoms with van der Waals surface area (Å²) in [5, 5.41) is 0.948. The molecule has 0 atom stereocenters. The highest BCUT2D eigenvalue weighted by Crippen LogP contribution is 2.40. The lowest BCUT2D eigenvalue weighted by atomic mass is 9.78. The molecule has 1 heterocycles. The van der Waals surface area contributed by atoms with Gasteiger partial charge in [0.15, 0.2) is 12.4 Å². The molecule has 0 bridgehead atoms. The van der Waals surface area contributed by atoms with Crippen molar-refractivity contribution in [2.24, 2.45) is 0 Å². The second kappa shape index (κ2) is 12.6. The van der Waals surface area contributed by atoms with E-state index in [4.69, 9.17) is 44.3 Å². The lowest BCUT2D eigenvalue weighted by Gasteiger charge is -2.33. The highest BCUT2D eigenvalue weighted by Gasteiger charge is 2.26. The molecule has 0 N–H and O–H groups in total. The number of hydrogen-bond acceptors (Lipinski definition) is 5. The van der Waals surface area contributed by atoms with Crippen LogP contribution in [0, 0.1) is 0 Å². The molecule has 0 aromatic heterocycles. The number of carbonyl (C=O) groups is 1.